The second kappa shape index (κ2) is 4.49. The maximum absolute atomic E-state index is 11.8. The first kappa shape index (κ1) is 12.1. The van der Waals surface area contributed by atoms with Crippen molar-refractivity contribution < 1.29 is 13.2 Å². The van der Waals surface area contributed by atoms with E-state index in [1.807, 2.05) is 31.2 Å². The molecular weight excluding hydrogens is 238 g/mol. The molecule has 0 bridgehead atoms. The normalized spacial score (nSPS) is 22.3. The molecule has 92 valence electrons. The quantitative estimate of drug-likeness (QED) is 0.865. The zero-order valence-corrected chi connectivity index (χ0v) is 10.5. The first-order chi connectivity index (χ1) is 7.96. The number of aryl methyl sites for hydroxylation is 1. The van der Waals surface area contributed by atoms with Gasteiger partial charge in [0.1, 0.15) is 0 Å². The summed E-state index contributed by atoms with van der Waals surface area (Å²) in [6.07, 6.45) is 0.431. The smallest absolute Gasteiger partial charge is 0.228 e. The minimum atomic E-state index is -3.00. The van der Waals surface area contributed by atoms with Gasteiger partial charge in [0.15, 0.2) is 9.84 Å². The Kier molecular flexibility index (Phi) is 3.19. The van der Waals surface area contributed by atoms with Gasteiger partial charge in [0.2, 0.25) is 5.91 Å². The Morgan fingerprint density at radius 2 is 1.94 bits per heavy atom. The van der Waals surface area contributed by atoms with E-state index in [0.29, 0.717) is 12.1 Å². The van der Waals surface area contributed by atoms with E-state index in [1.165, 1.54) is 0 Å². The van der Waals surface area contributed by atoms with Gasteiger partial charge in [0.25, 0.3) is 0 Å². The van der Waals surface area contributed by atoms with Crippen molar-refractivity contribution in [2.75, 3.05) is 16.8 Å². The van der Waals surface area contributed by atoms with E-state index in [9.17, 15) is 13.2 Å². The highest BCUT2D eigenvalue weighted by molar-refractivity contribution is 7.91. The van der Waals surface area contributed by atoms with Crippen molar-refractivity contribution in [1.29, 1.82) is 0 Å². The van der Waals surface area contributed by atoms with Crippen LogP contribution in [0.2, 0.25) is 0 Å². The Balaban J connectivity index is 2.01. The lowest BCUT2D eigenvalue weighted by molar-refractivity contribution is -0.119. The fourth-order valence-electron chi connectivity index (χ4n) is 1.88. The Hall–Kier alpha value is -1.36. The summed E-state index contributed by atoms with van der Waals surface area (Å²) in [5, 5.41) is 2.75. The van der Waals surface area contributed by atoms with Crippen LogP contribution in [0.3, 0.4) is 0 Å². The van der Waals surface area contributed by atoms with Crippen molar-refractivity contribution in [3.8, 4) is 0 Å². The molecule has 1 aromatic rings. The van der Waals surface area contributed by atoms with Crippen LogP contribution in [0.25, 0.3) is 0 Å². The summed E-state index contributed by atoms with van der Waals surface area (Å²) in [4.78, 5) is 11.8. The SMILES string of the molecule is Cc1ccc(NC(=O)[C@H]2CCS(=O)(=O)C2)cc1. The molecule has 1 heterocycles. The number of carbonyl (C=O) groups excluding carboxylic acids is 1. The van der Waals surface area contributed by atoms with Crippen LogP contribution in [-0.2, 0) is 14.6 Å². The molecule has 1 amide bonds. The molecule has 0 radical (unpaired) electrons. The van der Waals surface area contributed by atoms with E-state index in [4.69, 9.17) is 0 Å². The van der Waals surface area contributed by atoms with Crippen molar-refractivity contribution in [3.63, 3.8) is 0 Å². The van der Waals surface area contributed by atoms with E-state index >= 15 is 0 Å². The second-order valence-electron chi connectivity index (χ2n) is 4.46. The average molecular weight is 253 g/mol. The van der Waals surface area contributed by atoms with E-state index in [0.717, 1.165) is 5.56 Å². The topological polar surface area (TPSA) is 63.2 Å². The summed E-state index contributed by atoms with van der Waals surface area (Å²) in [5.41, 5.74) is 1.83. The second-order valence-corrected chi connectivity index (χ2v) is 6.68. The van der Waals surface area contributed by atoms with Gasteiger partial charge in [0.05, 0.1) is 17.4 Å². The predicted molar refractivity (Wildman–Crippen MR) is 66.6 cm³/mol. The van der Waals surface area contributed by atoms with Gasteiger partial charge in [-0.15, -0.1) is 0 Å². The number of sulfone groups is 1. The predicted octanol–water partition coefficient (Wildman–Crippen LogP) is 1.37. The van der Waals surface area contributed by atoms with Crippen LogP contribution in [-0.4, -0.2) is 25.8 Å². The first-order valence-corrected chi connectivity index (χ1v) is 7.36. The lowest BCUT2D eigenvalue weighted by Crippen LogP contribution is -2.23. The van der Waals surface area contributed by atoms with Crippen molar-refractivity contribution in [3.05, 3.63) is 29.8 Å². The van der Waals surface area contributed by atoms with Gasteiger partial charge >= 0.3 is 0 Å². The van der Waals surface area contributed by atoms with Gasteiger partial charge in [-0.2, -0.15) is 0 Å². The molecule has 1 fully saturated rings. The molecule has 1 aliphatic rings. The summed E-state index contributed by atoms with van der Waals surface area (Å²) in [7, 11) is -3.00. The van der Waals surface area contributed by atoms with Crippen molar-refractivity contribution in [2.24, 2.45) is 5.92 Å². The summed E-state index contributed by atoms with van der Waals surface area (Å²) in [5.74, 6) is -0.500. The summed E-state index contributed by atoms with van der Waals surface area (Å²) < 4.78 is 22.5. The highest BCUT2D eigenvalue weighted by Crippen LogP contribution is 2.20. The third-order valence-corrected chi connectivity index (χ3v) is 4.69. The number of rotatable bonds is 2. The summed E-state index contributed by atoms with van der Waals surface area (Å²) in [6, 6.07) is 7.44. The molecule has 1 saturated heterocycles. The Morgan fingerprint density at radius 3 is 2.47 bits per heavy atom. The number of anilines is 1. The van der Waals surface area contributed by atoms with Crippen LogP contribution >= 0.6 is 0 Å². The minimum absolute atomic E-state index is 0.0231. The third kappa shape index (κ3) is 3.06. The fourth-order valence-corrected chi connectivity index (χ4v) is 3.62. The van der Waals surface area contributed by atoms with Crippen LogP contribution in [0, 0.1) is 12.8 Å². The molecule has 17 heavy (non-hydrogen) atoms. The first-order valence-electron chi connectivity index (χ1n) is 5.54. The van der Waals surface area contributed by atoms with Crippen LogP contribution < -0.4 is 5.32 Å². The molecule has 1 aliphatic heterocycles. The van der Waals surface area contributed by atoms with Gasteiger partial charge in [-0.1, -0.05) is 17.7 Å². The molecule has 1 atom stereocenters. The Bertz CT molecular complexity index is 519. The van der Waals surface area contributed by atoms with Gasteiger partial charge in [-0.25, -0.2) is 8.42 Å². The monoisotopic (exact) mass is 253 g/mol. The lowest BCUT2D eigenvalue weighted by Gasteiger charge is -2.09. The van der Waals surface area contributed by atoms with Crippen molar-refractivity contribution in [1.82, 2.24) is 0 Å². The molecule has 0 aliphatic carbocycles. The molecule has 5 heteroatoms. The maximum atomic E-state index is 11.8. The molecule has 0 spiro atoms. The van der Waals surface area contributed by atoms with Crippen LogP contribution in [0.1, 0.15) is 12.0 Å². The van der Waals surface area contributed by atoms with Crippen LogP contribution in [0.4, 0.5) is 5.69 Å². The molecule has 4 nitrogen and oxygen atoms in total. The van der Waals surface area contributed by atoms with E-state index in [2.05, 4.69) is 5.32 Å². The molecule has 0 aromatic heterocycles. The minimum Gasteiger partial charge on any atom is -0.326 e. The van der Waals surface area contributed by atoms with Crippen LogP contribution in [0.5, 0.6) is 0 Å². The molecule has 2 rings (SSSR count). The fraction of sp³-hybridized carbons (Fsp3) is 0.417. The Labute approximate surface area is 101 Å². The number of hydrogen-bond donors (Lipinski definition) is 1. The van der Waals surface area contributed by atoms with E-state index in [1.54, 1.807) is 0 Å². The highest BCUT2D eigenvalue weighted by atomic mass is 32.2. The number of benzene rings is 1. The number of hydrogen-bond acceptors (Lipinski definition) is 3. The zero-order chi connectivity index (χ0) is 12.5. The standard InChI is InChI=1S/C12H15NO3S/c1-9-2-4-11(5-3-9)13-12(14)10-6-7-17(15,16)8-10/h2-5,10H,6-8H2,1H3,(H,13,14)/t10-/m0/s1. The summed E-state index contributed by atoms with van der Waals surface area (Å²) >= 11 is 0. The van der Waals surface area contributed by atoms with Gasteiger partial charge < -0.3 is 5.32 Å². The number of carbonyl (C=O) groups is 1. The van der Waals surface area contributed by atoms with Gasteiger partial charge in [-0.3, -0.25) is 4.79 Å². The zero-order valence-electron chi connectivity index (χ0n) is 9.64. The highest BCUT2D eigenvalue weighted by Gasteiger charge is 2.32. The van der Waals surface area contributed by atoms with Crippen molar-refractivity contribution in [2.45, 2.75) is 13.3 Å². The van der Waals surface area contributed by atoms with Gasteiger partial charge in [-0.05, 0) is 25.5 Å². The molecule has 0 unspecified atom stereocenters. The average Bonchev–Trinajstić information content (AvgIpc) is 2.62. The third-order valence-electron chi connectivity index (χ3n) is 2.92. The van der Waals surface area contributed by atoms with Crippen molar-refractivity contribution >= 4 is 21.4 Å². The summed E-state index contributed by atoms with van der Waals surface area (Å²) in [6.45, 7) is 1.97. The van der Waals surface area contributed by atoms with E-state index in [-0.39, 0.29) is 17.4 Å². The van der Waals surface area contributed by atoms with Gasteiger partial charge in [0, 0.05) is 5.69 Å². The lowest BCUT2D eigenvalue weighted by atomic mass is 10.1. The molecular formula is C12H15NO3S. The molecule has 1 N–H and O–H groups in total. The maximum Gasteiger partial charge on any atom is 0.228 e. The number of amides is 1. The van der Waals surface area contributed by atoms with Crippen LogP contribution in [0.15, 0.2) is 24.3 Å². The largest absolute Gasteiger partial charge is 0.326 e. The van der Waals surface area contributed by atoms with E-state index < -0.39 is 15.8 Å². The molecule has 1 aromatic carbocycles. The molecule has 0 saturated carbocycles. The Morgan fingerprint density at radius 1 is 1.29 bits per heavy atom. The number of nitrogens with one attached hydrogen (secondary N) is 1.